The average Bonchev–Trinajstić information content (AvgIpc) is 2.73. The fourth-order valence-electron chi connectivity index (χ4n) is 3.36. The first-order chi connectivity index (χ1) is 13.5. The molecule has 1 aliphatic heterocycles. The van der Waals surface area contributed by atoms with E-state index in [0.717, 1.165) is 49.8 Å². The van der Waals surface area contributed by atoms with Gasteiger partial charge in [-0.1, -0.05) is 32.9 Å². The molecule has 1 aromatic heterocycles. The fraction of sp³-hybridized carbons (Fsp3) is 0.455. The molecule has 1 saturated heterocycles. The van der Waals surface area contributed by atoms with Crippen LogP contribution in [0.1, 0.15) is 37.8 Å². The molecular weight excluding hydrogens is 348 g/mol. The van der Waals surface area contributed by atoms with Crippen molar-refractivity contribution in [2.45, 2.75) is 33.2 Å². The Hall–Kier alpha value is -2.60. The lowest BCUT2D eigenvalue weighted by atomic mass is 10.0. The average molecular weight is 381 g/mol. The molecule has 0 aliphatic carbocycles. The summed E-state index contributed by atoms with van der Waals surface area (Å²) < 4.78 is 0. The third-order valence-electron chi connectivity index (χ3n) is 5.21. The third kappa shape index (κ3) is 5.45. The highest BCUT2D eigenvalue weighted by molar-refractivity contribution is 5.92. The SMILES string of the molecule is CCN1CCN(c2cc(CN=C(N)Nc3cccc(C(C)C)c3)ccn2)CC1. The van der Waals surface area contributed by atoms with Crippen molar-refractivity contribution in [3.8, 4) is 0 Å². The van der Waals surface area contributed by atoms with Gasteiger partial charge in [0.15, 0.2) is 5.96 Å². The molecule has 0 bridgehead atoms. The monoisotopic (exact) mass is 380 g/mol. The lowest BCUT2D eigenvalue weighted by Gasteiger charge is -2.34. The summed E-state index contributed by atoms with van der Waals surface area (Å²) in [5.74, 6) is 1.93. The minimum atomic E-state index is 0.427. The summed E-state index contributed by atoms with van der Waals surface area (Å²) >= 11 is 0. The zero-order valence-corrected chi connectivity index (χ0v) is 17.2. The Morgan fingerprint density at radius 1 is 1.18 bits per heavy atom. The highest BCUT2D eigenvalue weighted by atomic mass is 15.3. The molecule has 1 aromatic carbocycles. The number of guanidine groups is 1. The normalized spacial score (nSPS) is 15.9. The molecule has 2 heterocycles. The molecule has 0 atom stereocenters. The van der Waals surface area contributed by atoms with E-state index in [-0.39, 0.29) is 0 Å². The molecule has 150 valence electrons. The maximum Gasteiger partial charge on any atom is 0.193 e. The van der Waals surface area contributed by atoms with Crippen LogP contribution in [0.3, 0.4) is 0 Å². The van der Waals surface area contributed by atoms with E-state index >= 15 is 0 Å². The molecule has 1 fully saturated rings. The maximum atomic E-state index is 6.10. The van der Waals surface area contributed by atoms with Crippen molar-refractivity contribution < 1.29 is 0 Å². The Balaban J connectivity index is 1.60. The van der Waals surface area contributed by atoms with Crippen molar-refractivity contribution in [2.75, 3.05) is 42.9 Å². The zero-order chi connectivity index (χ0) is 19.9. The van der Waals surface area contributed by atoms with Gasteiger partial charge in [0.25, 0.3) is 0 Å². The van der Waals surface area contributed by atoms with Crippen molar-refractivity contribution in [2.24, 2.45) is 10.7 Å². The van der Waals surface area contributed by atoms with Crippen LogP contribution in [0.4, 0.5) is 11.5 Å². The number of aliphatic imine (C=N–C) groups is 1. The van der Waals surface area contributed by atoms with E-state index in [1.54, 1.807) is 0 Å². The van der Waals surface area contributed by atoms with Gasteiger partial charge in [-0.25, -0.2) is 9.98 Å². The number of likely N-dealkylation sites (N-methyl/N-ethyl adjacent to an activating group) is 1. The Morgan fingerprint density at radius 3 is 2.68 bits per heavy atom. The molecule has 2 aromatic rings. The van der Waals surface area contributed by atoms with E-state index in [2.05, 4.69) is 64.1 Å². The number of nitrogens with zero attached hydrogens (tertiary/aromatic N) is 4. The van der Waals surface area contributed by atoms with Crippen LogP contribution in [-0.2, 0) is 6.54 Å². The van der Waals surface area contributed by atoms with Gasteiger partial charge in [0, 0.05) is 38.1 Å². The van der Waals surface area contributed by atoms with Crippen LogP contribution in [-0.4, -0.2) is 48.6 Å². The Morgan fingerprint density at radius 2 is 1.96 bits per heavy atom. The van der Waals surface area contributed by atoms with E-state index in [0.29, 0.717) is 18.4 Å². The van der Waals surface area contributed by atoms with Gasteiger partial charge in [-0.3, -0.25) is 0 Å². The summed E-state index contributed by atoms with van der Waals surface area (Å²) in [5.41, 5.74) is 9.46. The third-order valence-corrected chi connectivity index (χ3v) is 5.21. The van der Waals surface area contributed by atoms with Gasteiger partial charge >= 0.3 is 0 Å². The Labute approximate surface area is 168 Å². The van der Waals surface area contributed by atoms with Crippen molar-refractivity contribution in [1.82, 2.24) is 9.88 Å². The molecule has 6 heteroatoms. The smallest absolute Gasteiger partial charge is 0.193 e. The van der Waals surface area contributed by atoms with E-state index in [9.17, 15) is 0 Å². The molecule has 6 nitrogen and oxygen atoms in total. The van der Waals surface area contributed by atoms with Crippen LogP contribution < -0.4 is 16.0 Å². The van der Waals surface area contributed by atoms with Gasteiger partial charge in [0.2, 0.25) is 0 Å². The van der Waals surface area contributed by atoms with Gasteiger partial charge in [-0.2, -0.15) is 0 Å². The van der Waals surface area contributed by atoms with Crippen LogP contribution in [0.15, 0.2) is 47.6 Å². The Bertz CT molecular complexity index is 793. The van der Waals surface area contributed by atoms with E-state index in [4.69, 9.17) is 5.73 Å². The summed E-state index contributed by atoms with van der Waals surface area (Å²) in [6.45, 7) is 12.4. The molecule has 0 spiro atoms. The zero-order valence-electron chi connectivity index (χ0n) is 17.2. The largest absolute Gasteiger partial charge is 0.370 e. The second kappa shape index (κ2) is 9.55. The van der Waals surface area contributed by atoms with Crippen LogP contribution in [0, 0.1) is 0 Å². The predicted octanol–water partition coefficient (Wildman–Crippen LogP) is 3.27. The minimum Gasteiger partial charge on any atom is -0.370 e. The lowest BCUT2D eigenvalue weighted by molar-refractivity contribution is 0.270. The summed E-state index contributed by atoms with van der Waals surface area (Å²) in [6.07, 6.45) is 1.86. The lowest BCUT2D eigenvalue weighted by Crippen LogP contribution is -2.46. The molecule has 0 amide bonds. The van der Waals surface area contributed by atoms with Crippen molar-refractivity contribution >= 4 is 17.5 Å². The standard InChI is InChI=1S/C22H32N6/c1-4-27-10-12-28(13-11-27)21-14-18(8-9-24-21)16-25-22(23)26-20-7-5-6-19(15-20)17(2)3/h5-9,14-15,17H,4,10-13,16H2,1-3H3,(H3,23,25,26). The van der Waals surface area contributed by atoms with Gasteiger partial charge < -0.3 is 20.9 Å². The number of piperazine rings is 1. The van der Waals surface area contributed by atoms with Crippen LogP contribution in [0.5, 0.6) is 0 Å². The van der Waals surface area contributed by atoms with E-state index in [1.807, 2.05) is 24.4 Å². The van der Waals surface area contributed by atoms with Crippen LogP contribution in [0.25, 0.3) is 0 Å². The number of nitrogens with two attached hydrogens (primary N) is 1. The van der Waals surface area contributed by atoms with Crippen LogP contribution in [0.2, 0.25) is 0 Å². The predicted molar refractivity (Wildman–Crippen MR) is 118 cm³/mol. The molecule has 3 rings (SSSR count). The number of aromatic nitrogens is 1. The Kier molecular flexibility index (Phi) is 6.87. The molecule has 0 saturated carbocycles. The maximum absolute atomic E-state index is 6.10. The first-order valence-corrected chi connectivity index (χ1v) is 10.1. The van der Waals surface area contributed by atoms with Crippen molar-refractivity contribution in [1.29, 1.82) is 0 Å². The molecular formula is C22H32N6. The minimum absolute atomic E-state index is 0.427. The van der Waals surface area contributed by atoms with Crippen LogP contribution >= 0.6 is 0 Å². The summed E-state index contributed by atoms with van der Waals surface area (Å²) in [6, 6.07) is 12.4. The number of pyridine rings is 1. The number of hydrogen-bond acceptors (Lipinski definition) is 4. The van der Waals surface area contributed by atoms with E-state index in [1.165, 1.54) is 5.56 Å². The number of nitrogens with one attached hydrogen (secondary N) is 1. The second-order valence-electron chi connectivity index (χ2n) is 7.55. The van der Waals surface area contributed by atoms with Crippen molar-refractivity contribution in [3.63, 3.8) is 0 Å². The second-order valence-corrected chi connectivity index (χ2v) is 7.55. The summed E-state index contributed by atoms with van der Waals surface area (Å²) in [4.78, 5) is 13.9. The molecule has 1 aliphatic rings. The van der Waals surface area contributed by atoms with Gasteiger partial charge in [0.1, 0.15) is 5.82 Å². The number of hydrogen-bond donors (Lipinski definition) is 2. The summed E-state index contributed by atoms with van der Waals surface area (Å²) in [5, 5.41) is 3.19. The molecule has 28 heavy (non-hydrogen) atoms. The van der Waals surface area contributed by atoms with Crippen molar-refractivity contribution in [3.05, 3.63) is 53.7 Å². The highest BCUT2D eigenvalue weighted by Crippen LogP contribution is 2.19. The summed E-state index contributed by atoms with van der Waals surface area (Å²) in [7, 11) is 0. The van der Waals surface area contributed by atoms with Gasteiger partial charge in [-0.05, 0) is 47.9 Å². The van der Waals surface area contributed by atoms with E-state index < -0.39 is 0 Å². The molecule has 3 N–H and O–H groups in total. The molecule has 0 unspecified atom stereocenters. The first-order valence-electron chi connectivity index (χ1n) is 10.1. The first kappa shape index (κ1) is 20.1. The van der Waals surface area contributed by atoms with Gasteiger partial charge in [0.05, 0.1) is 6.54 Å². The van der Waals surface area contributed by atoms with Gasteiger partial charge in [-0.15, -0.1) is 0 Å². The molecule has 0 radical (unpaired) electrons. The number of anilines is 2. The topological polar surface area (TPSA) is 69.8 Å². The number of benzene rings is 1. The fourth-order valence-corrected chi connectivity index (χ4v) is 3.36. The quantitative estimate of drug-likeness (QED) is 0.595. The number of rotatable bonds is 6. The highest BCUT2D eigenvalue weighted by Gasteiger charge is 2.16.